The highest BCUT2D eigenvalue weighted by Crippen LogP contribution is 2.25. The molecule has 1 atom stereocenters. The first-order chi connectivity index (χ1) is 8.44. The van der Waals surface area contributed by atoms with Crippen molar-refractivity contribution >= 4 is 23.6 Å². The highest BCUT2D eigenvalue weighted by Gasteiger charge is 2.36. The van der Waals surface area contributed by atoms with Crippen molar-refractivity contribution in [3.63, 3.8) is 0 Å². The number of nitrogens with one attached hydrogen (secondary N) is 1. The van der Waals surface area contributed by atoms with Gasteiger partial charge in [0.2, 0.25) is 11.8 Å². The summed E-state index contributed by atoms with van der Waals surface area (Å²) >= 11 is 1.54. The molecular weight excluding hydrogens is 250 g/mol. The molecule has 5 N–H and O–H groups in total. The Labute approximate surface area is 112 Å². The summed E-state index contributed by atoms with van der Waals surface area (Å²) in [4.78, 5) is 22.0. The number of rotatable bonds is 10. The fraction of sp³-hybridized carbons (Fsp3) is 0.833. The molecule has 0 aromatic rings. The zero-order valence-electron chi connectivity index (χ0n) is 10.9. The summed E-state index contributed by atoms with van der Waals surface area (Å²) in [5.41, 5.74) is 9.92. The monoisotopic (exact) mass is 273 g/mol. The van der Waals surface area contributed by atoms with E-state index in [0.717, 1.165) is 37.9 Å². The second-order valence-corrected chi connectivity index (χ2v) is 6.20. The van der Waals surface area contributed by atoms with Gasteiger partial charge in [0.1, 0.15) is 0 Å². The van der Waals surface area contributed by atoms with Gasteiger partial charge in [0, 0.05) is 6.04 Å². The van der Waals surface area contributed by atoms with Gasteiger partial charge in [-0.25, -0.2) is 0 Å². The molecule has 0 radical (unpaired) electrons. The van der Waals surface area contributed by atoms with Crippen molar-refractivity contribution < 1.29 is 9.59 Å². The predicted molar refractivity (Wildman–Crippen MR) is 74.1 cm³/mol. The van der Waals surface area contributed by atoms with Crippen molar-refractivity contribution in [2.24, 2.45) is 11.5 Å². The average Bonchev–Trinajstić information content (AvgIpc) is 3.06. The zero-order chi connectivity index (χ0) is 13.6. The summed E-state index contributed by atoms with van der Waals surface area (Å²) in [6.45, 7) is 1.88. The molecule has 1 aliphatic carbocycles. The predicted octanol–water partition coefficient (Wildman–Crippen LogP) is 0.371. The second-order valence-electron chi connectivity index (χ2n) is 5.09. The fourth-order valence-corrected chi connectivity index (χ4v) is 2.55. The number of unbranched alkanes of at least 4 members (excludes halogenated alkanes) is 1. The Kier molecular flexibility index (Phi) is 5.95. The molecule has 0 bridgehead atoms. The lowest BCUT2D eigenvalue weighted by molar-refractivity contribution is -0.124. The van der Waals surface area contributed by atoms with Gasteiger partial charge >= 0.3 is 0 Å². The number of carbonyl (C=O) groups is 2. The normalized spacial score (nSPS) is 18.3. The van der Waals surface area contributed by atoms with Crippen molar-refractivity contribution in [2.45, 2.75) is 50.6 Å². The van der Waals surface area contributed by atoms with E-state index in [1.807, 2.05) is 6.92 Å². The van der Waals surface area contributed by atoms with Crippen LogP contribution in [0.3, 0.4) is 0 Å². The molecule has 1 unspecified atom stereocenters. The van der Waals surface area contributed by atoms with E-state index in [2.05, 4.69) is 5.32 Å². The lowest BCUT2D eigenvalue weighted by atomic mass is 9.94. The molecule has 0 aliphatic heterocycles. The lowest BCUT2D eigenvalue weighted by Crippen LogP contribution is -2.53. The van der Waals surface area contributed by atoms with E-state index >= 15 is 0 Å². The van der Waals surface area contributed by atoms with Crippen molar-refractivity contribution in [3.8, 4) is 0 Å². The third-order valence-corrected chi connectivity index (χ3v) is 4.17. The number of amides is 2. The van der Waals surface area contributed by atoms with Gasteiger partial charge in [-0.1, -0.05) is 6.42 Å². The first-order valence-electron chi connectivity index (χ1n) is 6.38. The molecule has 0 aromatic carbocycles. The first kappa shape index (κ1) is 15.3. The molecule has 104 valence electrons. The molecule has 0 saturated heterocycles. The quantitative estimate of drug-likeness (QED) is 0.501. The number of carbonyl (C=O) groups excluding carboxylic acids is 2. The van der Waals surface area contributed by atoms with E-state index in [-0.39, 0.29) is 11.8 Å². The summed E-state index contributed by atoms with van der Waals surface area (Å²) in [5, 5.41) is 3.32. The van der Waals surface area contributed by atoms with Crippen LogP contribution in [0.1, 0.15) is 39.0 Å². The summed E-state index contributed by atoms with van der Waals surface area (Å²) in [5.74, 6) is 0.700. The Hall–Kier alpha value is -0.750. The van der Waals surface area contributed by atoms with Crippen molar-refractivity contribution in [1.82, 2.24) is 5.32 Å². The number of hydrogen-bond donors (Lipinski definition) is 3. The molecule has 0 heterocycles. The van der Waals surface area contributed by atoms with Gasteiger partial charge in [0.25, 0.3) is 0 Å². The highest BCUT2D eigenvalue weighted by atomic mass is 32.2. The number of hydrogen-bond acceptors (Lipinski definition) is 4. The van der Waals surface area contributed by atoms with Crippen LogP contribution in [0, 0.1) is 0 Å². The Balaban J connectivity index is 2.17. The van der Waals surface area contributed by atoms with Gasteiger partial charge in [-0.15, -0.1) is 0 Å². The van der Waals surface area contributed by atoms with Gasteiger partial charge in [0.05, 0.1) is 11.3 Å². The maximum absolute atomic E-state index is 11.5. The van der Waals surface area contributed by atoms with E-state index in [4.69, 9.17) is 11.5 Å². The summed E-state index contributed by atoms with van der Waals surface area (Å²) < 4.78 is 0. The second kappa shape index (κ2) is 6.99. The van der Waals surface area contributed by atoms with E-state index in [1.54, 1.807) is 0 Å². The van der Waals surface area contributed by atoms with Crippen molar-refractivity contribution in [2.75, 3.05) is 11.5 Å². The van der Waals surface area contributed by atoms with Gasteiger partial charge in [-0.3, -0.25) is 9.59 Å². The first-order valence-corrected chi connectivity index (χ1v) is 7.53. The SMILES string of the molecule is CC(CCCCSCC(N)=O)(NC1CC1)C(N)=O. The molecule has 1 saturated carbocycles. The average molecular weight is 273 g/mol. The maximum atomic E-state index is 11.5. The minimum Gasteiger partial charge on any atom is -0.369 e. The Morgan fingerprint density at radius 3 is 2.50 bits per heavy atom. The number of thioether (sulfide) groups is 1. The number of primary amides is 2. The van der Waals surface area contributed by atoms with Gasteiger partial charge in [0.15, 0.2) is 0 Å². The van der Waals surface area contributed by atoms with Crippen LogP contribution < -0.4 is 16.8 Å². The molecule has 1 rings (SSSR count). The molecule has 6 heteroatoms. The standard InChI is InChI=1S/C12H23N3O2S/c1-12(11(14)17,15-9-4-5-9)6-2-3-7-18-8-10(13)16/h9,15H,2-8H2,1H3,(H2,13,16)(H2,14,17). The van der Waals surface area contributed by atoms with Crippen LogP contribution in [-0.2, 0) is 9.59 Å². The molecule has 5 nitrogen and oxygen atoms in total. The van der Waals surface area contributed by atoms with E-state index in [9.17, 15) is 9.59 Å². The van der Waals surface area contributed by atoms with Crippen LogP contribution >= 0.6 is 11.8 Å². The minimum atomic E-state index is -0.588. The van der Waals surface area contributed by atoms with Crippen LogP contribution in [0.5, 0.6) is 0 Å². The molecule has 1 aliphatic rings. The van der Waals surface area contributed by atoms with Gasteiger partial charge in [-0.05, 0) is 38.4 Å². The fourth-order valence-electron chi connectivity index (χ4n) is 1.80. The molecule has 0 spiro atoms. The Morgan fingerprint density at radius 2 is 2.00 bits per heavy atom. The topological polar surface area (TPSA) is 98.2 Å². The molecule has 18 heavy (non-hydrogen) atoms. The molecule has 1 fully saturated rings. The highest BCUT2D eigenvalue weighted by molar-refractivity contribution is 7.99. The third kappa shape index (κ3) is 5.73. The van der Waals surface area contributed by atoms with Crippen LogP contribution in [0.2, 0.25) is 0 Å². The van der Waals surface area contributed by atoms with Crippen molar-refractivity contribution in [3.05, 3.63) is 0 Å². The van der Waals surface area contributed by atoms with Crippen LogP contribution in [-0.4, -0.2) is 34.9 Å². The molecular formula is C12H23N3O2S. The summed E-state index contributed by atoms with van der Waals surface area (Å²) in [7, 11) is 0. The smallest absolute Gasteiger partial charge is 0.237 e. The third-order valence-electron chi connectivity index (χ3n) is 3.10. The van der Waals surface area contributed by atoms with Crippen LogP contribution in [0.25, 0.3) is 0 Å². The minimum absolute atomic E-state index is 0.279. The van der Waals surface area contributed by atoms with Crippen LogP contribution in [0.4, 0.5) is 0 Å². The lowest BCUT2D eigenvalue weighted by Gasteiger charge is -2.27. The Bertz CT molecular complexity index is 308. The van der Waals surface area contributed by atoms with Gasteiger partial charge in [-0.2, -0.15) is 11.8 Å². The summed E-state index contributed by atoms with van der Waals surface area (Å²) in [6, 6.07) is 0.465. The van der Waals surface area contributed by atoms with Crippen LogP contribution in [0.15, 0.2) is 0 Å². The van der Waals surface area contributed by atoms with Crippen molar-refractivity contribution in [1.29, 1.82) is 0 Å². The summed E-state index contributed by atoms with van der Waals surface area (Å²) in [6.07, 6.45) is 4.91. The van der Waals surface area contributed by atoms with E-state index in [0.29, 0.717) is 11.8 Å². The Morgan fingerprint density at radius 1 is 1.33 bits per heavy atom. The zero-order valence-corrected chi connectivity index (χ0v) is 11.7. The largest absolute Gasteiger partial charge is 0.369 e. The van der Waals surface area contributed by atoms with Gasteiger partial charge < -0.3 is 16.8 Å². The number of nitrogens with two attached hydrogens (primary N) is 2. The molecule has 0 aromatic heterocycles. The molecule has 2 amide bonds. The van der Waals surface area contributed by atoms with E-state index < -0.39 is 5.54 Å². The van der Waals surface area contributed by atoms with E-state index in [1.165, 1.54) is 11.8 Å². The maximum Gasteiger partial charge on any atom is 0.237 e.